The Bertz CT molecular complexity index is 187. The van der Waals surface area contributed by atoms with E-state index < -0.39 is 0 Å². The Kier molecular flexibility index (Phi) is 5.33. The van der Waals surface area contributed by atoms with Crippen molar-refractivity contribution >= 4 is 17.7 Å². The van der Waals surface area contributed by atoms with Gasteiger partial charge in [-0.25, -0.2) is 0 Å². The van der Waals surface area contributed by atoms with Crippen molar-refractivity contribution in [3.63, 3.8) is 0 Å². The molecule has 14 heavy (non-hydrogen) atoms. The van der Waals surface area contributed by atoms with Gasteiger partial charge in [-0.2, -0.15) is 11.8 Å². The van der Waals surface area contributed by atoms with E-state index in [9.17, 15) is 4.79 Å². The van der Waals surface area contributed by atoms with Crippen LogP contribution in [-0.2, 0) is 4.79 Å². The largest absolute Gasteiger partial charge is 0.354 e. The molecule has 0 aromatic carbocycles. The molecule has 1 rings (SSSR count). The van der Waals surface area contributed by atoms with Gasteiger partial charge < -0.3 is 10.6 Å². The van der Waals surface area contributed by atoms with E-state index >= 15 is 0 Å². The Morgan fingerprint density at radius 2 is 2.43 bits per heavy atom. The van der Waals surface area contributed by atoms with E-state index in [1.807, 2.05) is 6.26 Å². The molecule has 1 heterocycles. The Labute approximate surface area is 90.4 Å². The molecule has 1 aliphatic rings. The number of thioether (sulfide) groups is 1. The summed E-state index contributed by atoms with van der Waals surface area (Å²) in [7, 11) is 0. The van der Waals surface area contributed by atoms with Crippen molar-refractivity contribution in [2.45, 2.75) is 25.8 Å². The lowest BCUT2D eigenvalue weighted by Crippen LogP contribution is -2.48. The normalized spacial score (nSPS) is 27.3. The van der Waals surface area contributed by atoms with E-state index in [4.69, 9.17) is 0 Å². The van der Waals surface area contributed by atoms with Gasteiger partial charge in [0.05, 0.1) is 6.04 Å². The van der Waals surface area contributed by atoms with Gasteiger partial charge in [0.15, 0.2) is 0 Å². The highest BCUT2D eigenvalue weighted by atomic mass is 32.2. The fourth-order valence-corrected chi connectivity index (χ4v) is 2.01. The first-order valence-electron chi connectivity index (χ1n) is 5.24. The van der Waals surface area contributed by atoms with Crippen molar-refractivity contribution in [3.8, 4) is 0 Å². The summed E-state index contributed by atoms with van der Waals surface area (Å²) in [4.78, 5) is 11.6. The van der Waals surface area contributed by atoms with E-state index in [0.29, 0.717) is 5.92 Å². The van der Waals surface area contributed by atoms with Gasteiger partial charge in [0.2, 0.25) is 5.91 Å². The summed E-state index contributed by atoms with van der Waals surface area (Å²) in [5.41, 5.74) is 0. The molecule has 0 aromatic rings. The summed E-state index contributed by atoms with van der Waals surface area (Å²) >= 11 is 1.76. The second kappa shape index (κ2) is 6.30. The maximum absolute atomic E-state index is 11.6. The predicted molar refractivity (Wildman–Crippen MR) is 61.6 cm³/mol. The summed E-state index contributed by atoms with van der Waals surface area (Å²) in [5.74, 6) is 1.84. The quantitative estimate of drug-likeness (QED) is 0.685. The third-order valence-electron chi connectivity index (χ3n) is 2.59. The van der Waals surface area contributed by atoms with Crippen LogP contribution < -0.4 is 10.6 Å². The van der Waals surface area contributed by atoms with Crippen LogP contribution in [0.15, 0.2) is 0 Å². The number of piperidine rings is 1. The Morgan fingerprint density at radius 3 is 3.07 bits per heavy atom. The van der Waals surface area contributed by atoms with Crippen molar-refractivity contribution in [2.75, 3.05) is 25.1 Å². The standard InChI is InChI=1S/C10H20N2OS/c1-8-3-4-11-9(7-8)10(13)12-5-6-14-2/h8-9,11H,3-7H2,1-2H3,(H,12,13). The minimum absolute atomic E-state index is 0.0422. The molecule has 82 valence electrons. The van der Waals surface area contributed by atoms with Crippen molar-refractivity contribution in [1.29, 1.82) is 0 Å². The molecule has 0 aromatic heterocycles. The third-order valence-corrected chi connectivity index (χ3v) is 3.20. The van der Waals surface area contributed by atoms with E-state index in [2.05, 4.69) is 17.6 Å². The highest BCUT2D eigenvalue weighted by molar-refractivity contribution is 7.98. The molecule has 0 radical (unpaired) electrons. The minimum atomic E-state index is 0.0422. The lowest BCUT2D eigenvalue weighted by Gasteiger charge is -2.27. The summed E-state index contributed by atoms with van der Waals surface area (Å²) in [5, 5.41) is 6.21. The molecular formula is C10H20N2OS. The monoisotopic (exact) mass is 216 g/mol. The SMILES string of the molecule is CSCCNC(=O)C1CC(C)CCN1. The van der Waals surface area contributed by atoms with Crippen LogP contribution in [0.5, 0.6) is 0 Å². The van der Waals surface area contributed by atoms with Crippen molar-refractivity contribution in [2.24, 2.45) is 5.92 Å². The molecule has 1 amide bonds. The highest BCUT2D eigenvalue weighted by Gasteiger charge is 2.23. The molecule has 0 spiro atoms. The number of rotatable bonds is 4. The maximum Gasteiger partial charge on any atom is 0.237 e. The molecule has 1 saturated heterocycles. The molecule has 0 saturated carbocycles. The third kappa shape index (κ3) is 3.88. The van der Waals surface area contributed by atoms with Gasteiger partial charge in [0, 0.05) is 12.3 Å². The second-order valence-corrected chi connectivity index (χ2v) is 4.91. The van der Waals surface area contributed by atoms with Gasteiger partial charge in [0.1, 0.15) is 0 Å². The number of carbonyl (C=O) groups is 1. The van der Waals surface area contributed by atoms with Crippen LogP contribution in [0.4, 0.5) is 0 Å². The van der Waals surface area contributed by atoms with Crippen LogP contribution >= 0.6 is 11.8 Å². The molecule has 2 atom stereocenters. The van der Waals surface area contributed by atoms with Crippen molar-refractivity contribution in [3.05, 3.63) is 0 Å². The van der Waals surface area contributed by atoms with E-state index in [1.54, 1.807) is 11.8 Å². The predicted octanol–water partition coefficient (Wildman–Crippen LogP) is 0.854. The maximum atomic E-state index is 11.6. The van der Waals surface area contributed by atoms with E-state index in [-0.39, 0.29) is 11.9 Å². The van der Waals surface area contributed by atoms with Gasteiger partial charge >= 0.3 is 0 Å². The second-order valence-electron chi connectivity index (χ2n) is 3.92. The zero-order valence-corrected chi connectivity index (χ0v) is 9.82. The van der Waals surface area contributed by atoms with Crippen LogP contribution in [0.25, 0.3) is 0 Å². The van der Waals surface area contributed by atoms with Gasteiger partial charge in [-0.3, -0.25) is 4.79 Å². The first-order valence-corrected chi connectivity index (χ1v) is 6.63. The fourth-order valence-electron chi connectivity index (χ4n) is 1.71. The number of carbonyl (C=O) groups excluding carboxylic acids is 1. The summed E-state index contributed by atoms with van der Waals surface area (Å²) < 4.78 is 0. The van der Waals surface area contributed by atoms with Crippen molar-refractivity contribution in [1.82, 2.24) is 10.6 Å². The summed E-state index contributed by atoms with van der Waals surface area (Å²) in [6.07, 6.45) is 4.22. The molecule has 1 aliphatic heterocycles. The number of amides is 1. The molecule has 0 aliphatic carbocycles. The van der Waals surface area contributed by atoms with Gasteiger partial charge in [0.25, 0.3) is 0 Å². The topological polar surface area (TPSA) is 41.1 Å². The minimum Gasteiger partial charge on any atom is -0.354 e. The molecular weight excluding hydrogens is 196 g/mol. The van der Waals surface area contributed by atoms with E-state index in [0.717, 1.165) is 25.3 Å². The number of nitrogens with one attached hydrogen (secondary N) is 2. The molecule has 3 nitrogen and oxygen atoms in total. The molecule has 2 N–H and O–H groups in total. The summed E-state index contributed by atoms with van der Waals surface area (Å²) in [6, 6.07) is 0.0422. The summed E-state index contributed by atoms with van der Waals surface area (Å²) in [6.45, 7) is 3.97. The number of hydrogen-bond donors (Lipinski definition) is 2. The highest BCUT2D eigenvalue weighted by Crippen LogP contribution is 2.14. The Morgan fingerprint density at radius 1 is 1.64 bits per heavy atom. The van der Waals surface area contributed by atoms with Crippen LogP contribution in [0.1, 0.15) is 19.8 Å². The molecule has 2 unspecified atom stereocenters. The first-order chi connectivity index (χ1) is 6.74. The number of hydrogen-bond acceptors (Lipinski definition) is 3. The average Bonchev–Trinajstić information content (AvgIpc) is 2.18. The first kappa shape index (κ1) is 11.9. The van der Waals surface area contributed by atoms with Gasteiger partial charge in [-0.15, -0.1) is 0 Å². The van der Waals surface area contributed by atoms with Gasteiger partial charge in [-0.05, 0) is 31.6 Å². The lowest BCUT2D eigenvalue weighted by molar-refractivity contribution is -0.123. The van der Waals surface area contributed by atoms with Crippen LogP contribution in [-0.4, -0.2) is 37.0 Å². The Hall–Kier alpha value is -0.220. The van der Waals surface area contributed by atoms with Crippen molar-refractivity contribution < 1.29 is 4.79 Å². The van der Waals surface area contributed by atoms with E-state index in [1.165, 1.54) is 6.42 Å². The Balaban J connectivity index is 2.22. The molecule has 4 heteroatoms. The van der Waals surface area contributed by atoms with Crippen LogP contribution in [0, 0.1) is 5.92 Å². The van der Waals surface area contributed by atoms with Gasteiger partial charge in [-0.1, -0.05) is 6.92 Å². The fraction of sp³-hybridized carbons (Fsp3) is 0.900. The zero-order valence-electron chi connectivity index (χ0n) is 9.01. The lowest BCUT2D eigenvalue weighted by atomic mass is 9.94. The molecule has 0 bridgehead atoms. The van der Waals surface area contributed by atoms with Crippen LogP contribution in [0.3, 0.4) is 0 Å². The smallest absolute Gasteiger partial charge is 0.237 e. The zero-order chi connectivity index (χ0) is 10.4. The average molecular weight is 216 g/mol. The molecule has 1 fully saturated rings. The van der Waals surface area contributed by atoms with Crippen LogP contribution in [0.2, 0.25) is 0 Å².